The van der Waals surface area contributed by atoms with Gasteiger partial charge in [0.25, 0.3) is 0 Å². The molecule has 5 nitrogen and oxygen atoms in total. The van der Waals surface area contributed by atoms with Gasteiger partial charge in [-0.3, -0.25) is 0 Å². The summed E-state index contributed by atoms with van der Waals surface area (Å²) in [6, 6.07) is 12.7. The second kappa shape index (κ2) is 9.12. The van der Waals surface area contributed by atoms with E-state index in [2.05, 4.69) is 59.4 Å². The van der Waals surface area contributed by atoms with Crippen LogP contribution in [0.2, 0.25) is 0 Å². The largest absolute Gasteiger partial charge is 0.385 e. The Labute approximate surface area is 194 Å². The topological polar surface area (TPSA) is 46.5 Å². The maximum Gasteiger partial charge on any atom is 0.318 e. The summed E-state index contributed by atoms with van der Waals surface area (Å²) in [6.07, 6.45) is 7.75. The van der Waals surface area contributed by atoms with Crippen molar-refractivity contribution in [3.05, 3.63) is 75.4 Å². The van der Waals surface area contributed by atoms with Crippen LogP contribution in [0.4, 0.5) is 4.79 Å². The molecule has 0 unspecified atom stereocenters. The van der Waals surface area contributed by atoms with Gasteiger partial charge in [-0.1, -0.05) is 29.8 Å². The number of fused-ring (bicyclic) bond motifs is 5. The molecule has 2 aromatic heterocycles. The number of amides is 2. The molecule has 0 fully saturated rings. The van der Waals surface area contributed by atoms with E-state index in [0.29, 0.717) is 19.7 Å². The summed E-state index contributed by atoms with van der Waals surface area (Å²) in [6.45, 7) is 4.01. The van der Waals surface area contributed by atoms with Gasteiger partial charge in [0.05, 0.1) is 18.3 Å². The molecule has 3 aromatic rings. The van der Waals surface area contributed by atoms with E-state index in [1.807, 2.05) is 16.2 Å². The van der Waals surface area contributed by atoms with Gasteiger partial charge in [0, 0.05) is 36.9 Å². The van der Waals surface area contributed by atoms with Crippen LogP contribution in [0.3, 0.4) is 0 Å². The molecule has 1 atom stereocenters. The molecule has 168 valence electrons. The first-order valence-electron chi connectivity index (χ1n) is 11.6. The van der Waals surface area contributed by atoms with Gasteiger partial charge in [-0.25, -0.2) is 4.79 Å². The van der Waals surface area contributed by atoms with Crippen LogP contribution in [0.1, 0.15) is 58.1 Å². The highest BCUT2D eigenvalue weighted by Crippen LogP contribution is 2.44. The first-order chi connectivity index (χ1) is 15.7. The minimum absolute atomic E-state index is 0.0102. The molecule has 1 aliphatic carbocycles. The van der Waals surface area contributed by atoms with Crippen LogP contribution in [0.25, 0.3) is 5.00 Å². The fourth-order valence-electron chi connectivity index (χ4n) is 5.09. The van der Waals surface area contributed by atoms with Crippen molar-refractivity contribution in [1.82, 2.24) is 14.8 Å². The number of hydrogen-bond donors (Lipinski definition) is 1. The Hall–Kier alpha value is -2.57. The van der Waals surface area contributed by atoms with Crippen LogP contribution in [0, 0.1) is 6.92 Å². The van der Waals surface area contributed by atoms with Crippen LogP contribution in [-0.4, -0.2) is 35.8 Å². The van der Waals surface area contributed by atoms with Crippen LogP contribution in [0.5, 0.6) is 0 Å². The minimum Gasteiger partial charge on any atom is -0.385 e. The summed E-state index contributed by atoms with van der Waals surface area (Å²) < 4.78 is 7.50. The van der Waals surface area contributed by atoms with Crippen molar-refractivity contribution in [2.45, 2.75) is 51.6 Å². The lowest BCUT2D eigenvalue weighted by atomic mass is 9.95. The van der Waals surface area contributed by atoms with E-state index in [0.717, 1.165) is 30.5 Å². The molecule has 0 radical (unpaired) electrons. The van der Waals surface area contributed by atoms with Gasteiger partial charge in [-0.15, -0.1) is 11.3 Å². The highest BCUT2D eigenvalue weighted by molar-refractivity contribution is 7.15. The lowest BCUT2D eigenvalue weighted by Gasteiger charge is -2.31. The van der Waals surface area contributed by atoms with Crippen molar-refractivity contribution in [3.63, 3.8) is 0 Å². The van der Waals surface area contributed by atoms with Gasteiger partial charge >= 0.3 is 6.03 Å². The third-order valence-corrected chi connectivity index (χ3v) is 7.93. The lowest BCUT2D eigenvalue weighted by Crippen LogP contribution is -2.42. The Balaban J connectivity index is 1.60. The van der Waals surface area contributed by atoms with Crippen LogP contribution >= 0.6 is 11.3 Å². The predicted molar refractivity (Wildman–Crippen MR) is 129 cm³/mol. The summed E-state index contributed by atoms with van der Waals surface area (Å²) >= 11 is 1.93. The van der Waals surface area contributed by atoms with Gasteiger partial charge < -0.3 is 19.5 Å². The summed E-state index contributed by atoms with van der Waals surface area (Å²) in [4.78, 5) is 17.1. The number of hydrogen-bond acceptors (Lipinski definition) is 3. The Morgan fingerprint density at radius 2 is 2.06 bits per heavy atom. The van der Waals surface area contributed by atoms with Gasteiger partial charge in [-0.05, 0) is 62.3 Å². The van der Waals surface area contributed by atoms with E-state index < -0.39 is 0 Å². The van der Waals surface area contributed by atoms with E-state index in [-0.39, 0.29) is 12.1 Å². The fraction of sp³-hybridized carbons (Fsp3) is 0.423. The van der Waals surface area contributed by atoms with Crippen molar-refractivity contribution in [2.24, 2.45) is 0 Å². The minimum atomic E-state index is -0.133. The quantitative estimate of drug-likeness (QED) is 0.532. The molecule has 1 N–H and O–H groups in total. The molecule has 1 aliphatic heterocycles. The Kier molecular flexibility index (Phi) is 6.07. The number of nitrogens with zero attached hydrogens (tertiary/aromatic N) is 2. The Morgan fingerprint density at radius 3 is 2.91 bits per heavy atom. The zero-order valence-corrected chi connectivity index (χ0v) is 19.7. The molecule has 0 bridgehead atoms. The third kappa shape index (κ3) is 3.86. The number of methoxy groups -OCH3 is 1. The molecule has 2 amide bonds. The Morgan fingerprint density at radius 1 is 1.19 bits per heavy atom. The molecule has 2 aliphatic rings. The average molecular weight is 450 g/mol. The number of urea groups is 1. The number of rotatable bonds is 5. The van der Waals surface area contributed by atoms with E-state index in [4.69, 9.17) is 4.74 Å². The molecule has 5 rings (SSSR count). The second-order valence-electron chi connectivity index (χ2n) is 8.82. The highest BCUT2D eigenvalue weighted by atomic mass is 32.1. The molecular weight excluding hydrogens is 418 g/mol. The molecule has 6 heteroatoms. The van der Waals surface area contributed by atoms with E-state index >= 15 is 0 Å². The normalized spacial score (nSPS) is 17.3. The number of ether oxygens (including phenoxy) is 1. The van der Waals surface area contributed by atoms with E-state index in [1.54, 1.807) is 7.11 Å². The molecule has 32 heavy (non-hydrogen) atoms. The zero-order chi connectivity index (χ0) is 22.1. The average Bonchev–Trinajstić information content (AvgIpc) is 3.38. The van der Waals surface area contributed by atoms with E-state index in [9.17, 15) is 4.79 Å². The van der Waals surface area contributed by atoms with Crippen LogP contribution in [-0.2, 0) is 24.1 Å². The smallest absolute Gasteiger partial charge is 0.318 e. The number of carbonyl (C=O) groups excluding carboxylic acids is 1. The highest BCUT2D eigenvalue weighted by Gasteiger charge is 2.35. The fourth-order valence-corrected chi connectivity index (χ4v) is 6.49. The first-order valence-corrected chi connectivity index (χ1v) is 12.4. The van der Waals surface area contributed by atoms with Gasteiger partial charge in [0.2, 0.25) is 0 Å². The zero-order valence-electron chi connectivity index (χ0n) is 18.9. The SMILES string of the molecule is COCCCNC(=O)N1Cc2c(sc3c2CCCC3)-n2cccc2[C@H]1c1cccc(C)c1. The third-order valence-electron chi connectivity index (χ3n) is 6.60. The maximum atomic E-state index is 13.6. The predicted octanol–water partition coefficient (Wildman–Crippen LogP) is 5.38. The maximum absolute atomic E-state index is 13.6. The van der Waals surface area contributed by atoms with Crippen molar-refractivity contribution in [1.29, 1.82) is 0 Å². The number of thiophene rings is 1. The van der Waals surface area contributed by atoms with E-state index in [1.165, 1.54) is 39.4 Å². The van der Waals surface area contributed by atoms with Crippen molar-refractivity contribution in [3.8, 4) is 5.00 Å². The number of aromatic nitrogens is 1. The Bertz CT molecular complexity index is 1120. The summed E-state index contributed by atoms with van der Waals surface area (Å²) in [5.74, 6) is 0. The molecular formula is C26H31N3O2S. The summed E-state index contributed by atoms with van der Waals surface area (Å²) in [7, 11) is 1.69. The number of carbonyl (C=O) groups is 1. The monoisotopic (exact) mass is 449 g/mol. The lowest BCUT2D eigenvalue weighted by molar-refractivity contribution is 0.174. The molecule has 0 saturated carbocycles. The second-order valence-corrected chi connectivity index (χ2v) is 9.90. The molecule has 0 saturated heterocycles. The van der Waals surface area contributed by atoms with Crippen molar-refractivity contribution >= 4 is 17.4 Å². The molecule has 1 aromatic carbocycles. The summed E-state index contributed by atoms with van der Waals surface area (Å²) in [5.41, 5.74) is 6.33. The molecule has 3 heterocycles. The van der Waals surface area contributed by atoms with Crippen LogP contribution in [0.15, 0.2) is 42.6 Å². The summed E-state index contributed by atoms with van der Waals surface area (Å²) in [5, 5.41) is 4.45. The van der Waals surface area contributed by atoms with Crippen molar-refractivity contribution < 1.29 is 9.53 Å². The van der Waals surface area contributed by atoms with Gasteiger partial charge in [0.1, 0.15) is 5.00 Å². The van der Waals surface area contributed by atoms with Gasteiger partial charge in [0.15, 0.2) is 0 Å². The number of benzene rings is 1. The first kappa shape index (κ1) is 21.3. The van der Waals surface area contributed by atoms with Gasteiger partial charge in [-0.2, -0.15) is 0 Å². The van der Waals surface area contributed by atoms with Crippen LogP contribution < -0.4 is 5.32 Å². The molecule has 0 spiro atoms. The number of aryl methyl sites for hydroxylation is 2. The number of nitrogens with one attached hydrogen (secondary N) is 1. The standard InChI is InChI=1S/C26H31N3O2S/c1-18-8-5-9-19(16-18)24-22-11-6-14-28(22)25-21(20-10-3-4-12-23(20)32-25)17-29(24)26(30)27-13-7-15-31-2/h5-6,8-9,11,14,16,24H,3-4,7,10,12-13,15,17H2,1-2H3,(H,27,30)/t24-/m1/s1. The van der Waals surface area contributed by atoms with Crippen molar-refractivity contribution in [2.75, 3.05) is 20.3 Å².